The van der Waals surface area contributed by atoms with Gasteiger partial charge in [0.15, 0.2) is 0 Å². The first kappa shape index (κ1) is 12.0. The predicted octanol–water partition coefficient (Wildman–Crippen LogP) is 4.55. The standard InChI is InChI=1S/C15H26O/c1-10-6-5-7-11(2)12-9-15(3,4)14(12)13(16)8-10/h8,10-12,14,16H,5-7,9H2,1-4H3/b13-8-. The van der Waals surface area contributed by atoms with Crippen molar-refractivity contribution in [2.75, 3.05) is 0 Å². The van der Waals surface area contributed by atoms with Crippen molar-refractivity contribution in [2.24, 2.45) is 29.1 Å². The van der Waals surface area contributed by atoms with Crippen LogP contribution in [0.15, 0.2) is 11.8 Å². The van der Waals surface area contributed by atoms with E-state index in [0.29, 0.717) is 23.0 Å². The summed E-state index contributed by atoms with van der Waals surface area (Å²) in [5, 5.41) is 10.3. The van der Waals surface area contributed by atoms with Crippen LogP contribution in [0, 0.1) is 29.1 Å². The third-order valence-electron chi connectivity index (χ3n) is 4.86. The van der Waals surface area contributed by atoms with Crippen molar-refractivity contribution < 1.29 is 5.11 Å². The molecule has 0 radical (unpaired) electrons. The molecule has 1 N–H and O–H groups in total. The molecule has 1 nitrogen and oxygen atoms in total. The summed E-state index contributed by atoms with van der Waals surface area (Å²) in [7, 11) is 0. The van der Waals surface area contributed by atoms with Gasteiger partial charge in [-0.25, -0.2) is 0 Å². The third-order valence-corrected chi connectivity index (χ3v) is 4.86. The Morgan fingerprint density at radius 1 is 1.25 bits per heavy atom. The summed E-state index contributed by atoms with van der Waals surface area (Å²) < 4.78 is 0. The van der Waals surface area contributed by atoms with Crippen molar-refractivity contribution in [3.8, 4) is 0 Å². The summed E-state index contributed by atoms with van der Waals surface area (Å²) in [6.07, 6.45) is 7.29. The molecule has 92 valence electrons. The first-order chi connectivity index (χ1) is 7.42. The van der Waals surface area contributed by atoms with Gasteiger partial charge in [0, 0.05) is 5.92 Å². The van der Waals surface area contributed by atoms with Gasteiger partial charge in [0.05, 0.1) is 5.76 Å². The van der Waals surface area contributed by atoms with Gasteiger partial charge in [0.1, 0.15) is 0 Å². The topological polar surface area (TPSA) is 20.2 Å². The van der Waals surface area contributed by atoms with E-state index in [-0.39, 0.29) is 0 Å². The minimum Gasteiger partial charge on any atom is -0.512 e. The quantitative estimate of drug-likeness (QED) is 0.637. The summed E-state index contributed by atoms with van der Waals surface area (Å²) in [5.74, 6) is 3.14. The van der Waals surface area contributed by atoms with E-state index in [4.69, 9.17) is 0 Å². The average molecular weight is 222 g/mol. The smallest absolute Gasteiger partial charge is 0.0924 e. The molecule has 1 fully saturated rings. The lowest BCUT2D eigenvalue weighted by Gasteiger charge is -2.53. The van der Waals surface area contributed by atoms with Crippen molar-refractivity contribution in [3.63, 3.8) is 0 Å². The molecule has 0 spiro atoms. The van der Waals surface area contributed by atoms with Gasteiger partial charge in [0.2, 0.25) is 0 Å². The highest BCUT2D eigenvalue weighted by Crippen LogP contribution is 2.57. The van der Waals surface area contributed by atoms with Crippen molar-refractivity contribution in [3.05, 3.63) is 11.8 Å². The largest absolute Gasteiger partial charge is 0.512 e. The monoisotopic (exact) mass is 222 g/mol. The number of fused-ring (bicyclic) bond motifs is 1. The number of allylic oxidation sites excluding steroid dienone is 2. The zero-order chi connectivity index (χ0) is 11.9. The fourth-order valence-corrected chi connectivity index (χ4v) is 3.88. The molecular weight excluding hydrogens is 196 g/mol. The summed E-state index contributed by atoms with van der Waals surface area (Å²) in [5.41, 5.74) is 0.309. The molecule has 0 amide bonds. The van der Waals surface area contributed by atoms with Gasteiger partial charge < -0.3 is 5.11 Å². The Kier molecular flexibility index (Phi) is 3.07. The molecular formula is C15H26O. The van der Waals surface area contributed by atoms with Crippen LogP contribution in [-0.2, 0) is 0 Å². The highest BCUT2D eigenvalue weighted by Gasteiger charge is 2.51. The molecule has 0 saturated heterocycles. The van der Waals surface area contributed by atoms with Crippen molar-refractivity contribution >= 4 is 0 Å². The summed E-state index contributed by atoms with van der Waals surface area (Å²) >= 11 is 0. The van der Waals surface area contributed by atoms with Crippen LogP contribution in [0.4, 0.5) is 0 Å². The van der Waals surface area contributed by atoms with Gasteiger partial charge in [-0.1, -0.05) is 40.5 Å². The highest BCUT2D eigenvalue weighted by molar-refractivity contribution is 5.13. The zero-order valence-corrected chi connectivity index (χ0v) is 11.2. The van der Waals surface area contributed by atoms with Crippen LogP contribution in [0.1, 0.15) is 53.4 Å². The molecule has 0 bridgehead atoms. The summed E-state index contributed by atoms with van der Waals surface area (Å²) in [4.78, 5) is 0. The fourth-order valence-electron chi connectivity index (χ4n) is 3.88. The Labute approximate surface area is 99.9 Å². The second-order valence-electron chi connectivity index (χ2n) is 6.81. The van der Waals surface area contributed by atoms with E-state index in [9.17, 15) is 5.11 Å². The molecule has 2 aliphatic rings. The number of rotatable bonds is 0. The van der Waals surface area contributed by atoms with Gasteiger partial charge in [-0.3, -0.25) is 0 Å². The van der Waals surface area contributed by atoms with Crippen LogP contribution >= 0.6 is 0 Å². The Bertz CT molecular complexity index is 290. The van der Waals surface area contributed by atoms with Crippen LogP contribution in [0.25, 0.3) is 0 Å². The number of aliphatic hydroxyl groups excluding tert-OH is 1. The molecule has 0 aromatic rings. The molecule has 2 rings (SSSR count). The summed E-state index contributed by atoms with van der Waals surface area (Å²) in [6, 6.07) is 0. The third kappa shape index (κ3) is 2.01. The second-order valence-corrected chi connectivity index (χ2v) is 6.81. The molecule has 1 heteroatoms. The molecule has 0 heterocycles. The highest BCUT2D eigenvalue weighted by atomic mass is 16.3. The first-order valence-corrected chi connectivity index (χ1v) is 6.82. The van der Waals surface area contributed by atoms with Crippen LogP contribution in [-0.4, -0.2) is 5.11 Å². The van der Waals surface area contributed by atoms with Gasteiger partial charge in [-0.15, -0.1) is 0 Å². The van der Waals surface area contributed by atoms with Gasteiger partial charge >= 0.3 is 0 Å². The second kappa shape index (κ2) is 4.09. The van der Waals surface area contributed by atoms with E-state index in [1.54, 1.807) is 0 Å². The molecule has 0 aromatic carbocycles. The molecule has 0 aromatic heterocycles. The molecule has 2 aliphatic carbocycles. The fraction of sp³-hybridized carbons (Fsp3) is 0.867. The number of hydrogen-bond donors (Lipinski definition) is 1. The zero-order valence-electron chi connectivity index (χ0n) is 11.2. The Balaban J connectivity index is 2.23. The van der Waals surface area contributed by atoms with Gasteiger partial charge in [-0.2, -0.15) is 0 Å². The summed E-state index contributed by atoms with van der Waals surface area (Å²) in [6.45, 7) is 9.20. The molecule has 4 unspecified atom stereocenters. The van der Waals surface area contributed by atoms with Crippen LogP contribution in [0.5, 0.6) is 0 Å². The van der Waals surface area contributed by atoms with E-state index < -0.39 is 0 Å². The number of aliphatic hydroxyl groups is 1. The maximum atomic E-state index is 10.3. The Morgan fingerprint density at radius 3 is 2.56 bits per heavy atom. The normalized spacial score (nSPS) is 46.4. The Morgan fingerprint density at radius 2 is 1.94 bits per heavy atom. The lowest BCUT2D eigenvalue weighted by atomic mass is 9.51. The van der Waals surface area contributed by atoms with E-state index in [1.807, 2.05) is 0 Å². The first-order valence-electron chi connectivity index (χ1n) is 6.82. The van der Waals surface area contributed by atoms with Crippen LogP contribution in [0.2, 0.25) is 0 Å². The van der Waals surface area contributed by atoms with Crippen molar-refractivity contribution in [1.29, 1.82) is 0 Å². The minimum absolute atomic E-state index is 0.309. The van der Waals surface area contributed by atoms with Crippen LogP contribution in [0.3, 0.4) is 0 Å². The van der Waals surface area contributed by atoms with Crippen molar-refractivity contribution in [2.45, 2.75) is 53.4 Å². The van der Waals surface area contributed by atoms with Gasteiger partial charge in [0.25, 0.3) is 0 Å². The van der Waals surface area contributed by atoms with E-state index in [1.165, 1.54) is 25.7 Å². The molecule has 0 aliphatic heterocycles. The maximum Gasteiger partial charge on any atom is 0.0924 e. The maximum absolute atomic E-state index is 10.3. The van der Waals surface area contributed by atoms with E-state index >= 15 is 0 Å². The lowest BCUT2D eigenvalue weighted by Crippen LogP contribution is -2.47. The van der Waals surface area contributed by atoms with E-state index in [0.717, 1.165) is 11.8 Å². The molecule has 4 atom stereocenters. The van der Waals surface area contributed by atoms with E-state index in [2.05, 4.69) is 33.8 Å². The minimum atomic E-state index is 0.309. The molecule has 1 saturated carbocycles. The van der Waals surface area contributed by atoms with Crippen LogP contribution < -0.4 is 0 Å². The van der Waals surface area contributed by atoms with Crippen molar-refractivity contribution in [1.82, 2.24) is 0 Å². The average Bonchev–Trinajstić information content (AvgIpc) is 2.16. The Hall–Kier alpha value is -0.460. The predicted molar refractivity (Wildman–Crippen MR) is 68.3 cm³/mol. The lowest BCUT2D eigenvalue weighted by molar-refractivity contribution is -0.0421. The molecule has 16 heavy (non-hydrogen) atoms. The van der Waals surface area contributed by atoms with Gasteiger partial charge in [-0.05, 0) is 42.1 Å². The number of hydrogen-bond acceptors (Lipinski definition) is 1. The SMILES string of the molecule is CC1/C=C(\O)C2C(CC2(C)C)C(C)CCC1.